The minimum atomic E-state index is -0.482. The van der Waals surface area contributed by atoms with Crippen LogP contribution in [0.25, 0.3) is 0 Å². The summed E-state index contributed by atoms with van der Waals surface area (Å²) in [4.78, 5) is 40.1. The molecule has 2 aliphatic rings. The van der Waals surface area contributed by atoms with Crippen molar-refractivity contribution in [3.05, 3.63) is 69.8 Å². The first-order valence-corrected chi connectivity index (χ1v) is 11.7. The number of nitrogens with zero attached hydrogens (tertiary/aromatic N) is 3. The number of benzene rings is 2. The number of nitrogens with one attached hydrogen (secondary N) is 1. The Bertz CT molecular complexity index is 997. The van der Waals surface area contributed by atoms with Gasteiger partial charge in [0.1, 0.15) is 5.56 Å². The van der Waals surface area contributed by atoms with E-state index in [4.69, 9.17) is 0 Å². The number of hydrogen-bond acceptors (Lipinski definition) is 5. The maximum atomic E-state index is 12.9. The molecule has 2 saturated heterocycles. The molecule has 33 heavy (non-hydrogen) atoms. The number of amides is 2. The summed E-state index contributed by atoms with van der Waals surface area (Å²) >= 11 is 0. The van der Waals surface area contributed by atoms with E-state index in [1.54, 1.807) is 17.0 Å². The number of aryl methyl sites for hydroxylation is 1. The molecule has 2 aliphatic heterocycles. The van der Waals surface area contributed by atoms with Crippen LogP contribution in [0.3, 0.4) is 0 Å². The normalized spacial score (nSPS) is 16.6. The Kier molecular flexibility index (Phi) is 7.22. The van der Waals surface area contributed by atoms with Gasteiger partial charge in [-0.3, -0.25) is 19.7 Å². The maximum absolute atomic E-state index is 12.9. The number of carbonyl (C=O) groups excluding carboxylic acids is 2. The second kappa shape index (κ2) is 10.5. The molecule has 0 radical (unpaired) electrons. The molecule has 0 spiro atoms. The highest BCUT2D eigenvalue weighted by Crippen LogP contribution is 2.29. The second-order valence-electron chi connectivity index (χ2n) is 8.77. The first kappa shape index (κ1) is 22.8. The highest BCUT2D eigenvalue weighted by molar-refractivity contribution is 5.99. The molecular formula is C25H30N4O4. The van der Waals surface area contributed by atoms with Crippen LogP contribution in [0.15, 0.2) is 48.5 Å². The largest absolute Gasteiger partial charge is 0.371 e. The molecule has 0 unspecified atom stereocenters. The Labute approximate surface area is 193 Å². The predicted octanol–water partition coefficient (Wildman–Crippen LogP) is 3.55. The summed E-state index contributed by atoms with van der Waals surface area (Å²) in [5.41, 5.74) is 1.99. The molecule has 8 heteroatoms. The van der Waals surface area contributed by atoms with Crippen molar-refractivity contribution in [2.45, 2.75) is 44.6 Å². The molecule has 2 amide bonds. The van der Waals surface area contributed by atoms with Crippen molar-refractivity contribution in [2.75, 3.05) is 31.1 Å². The molecule has 2 aromatic rings. The quantitative estimate of drug-likeness (QED) is 0.514. The van der Waals surface area contributed by atoms with E-state index in [0.717, 1.165) is 56.4 Å². The summed E-state index contributed by atoms with van der Waals surface area (Å²) in [6, 6.07) is 14.9. The Balaban J connectivity index is 1.34. The highest BCUT2D eigenvalue weighted by Gasteiger charge is 2.28. The van der Waals surface area contributed by atoms with E-state index >= 15 is 0 Å². The fourth-order valence-corrected chi connectivity index (χ4v) is 4.63. The Morgan fingerprint density at radius 3 is 2.36 bits per heavy atom. The van der Waals surface area contributed by atoms with E-state index in [1.807, 2.05) is 30.3 Å². The number of carbonyl (C=O) groups is 2. The first-order valence-electron chi connectivity index (χ1n) is 11.7. The van der Waals surface area contributed by atoms with Crippen molar-refractivity contribution in [1.29, 1.82) is 0 Å². The van der Waals surface area contributed by atoms with Gasteiger partial charge >= 0.3 is 0 Å². The van der Waals surface area contributed by atoms with Gasteiger partial charge in [0.2, 0.25) is 5.91 Å². The van der Waals surface area contributed by atoms with Crippen molar-refractivity contribution in [1.82, 2.24) is 10.2 Å². The maximum Gasteiger partial charge on any atom is 0.282 e. The molecule has 4 rings (SSSR count). The minimum Gasteiger partial charge on any atom is -0.371 e. The van der Waals surface area contributed by atoms with Gasteiger partial charge in [0, 0.05) is 50.4 Å². The number of piperidine rings is 1. The summed E-state index contributed by atoms with van der Waals surface area (Å²) in [5, 5.41) is 14.6. The molecule has 1 N–H and O–H groups in total. The van der Waals surface area contributed by atoms with Crippen molar-refractivity contribution >= 4 is 23.2 Å². The molecule has 2 aromatic carbocycles. The lowest BCUT2D eigenvalue weighted by atomic mass is 10.0. The van der Waals surface area contributed by atoms with Crippen molar-refractivity contribution < 1.29 is 14.5 Å². The summed E-state index contributed by atoms with van der Waals surface area (Å²) in [6.45, 7) is 2.74. The fraction of sp³-hybridized carbons (Fsp3) is 0.440. The average molecular weight is 451 g/mol. The Morgan fingerprint density at radius 1 is 1.00 bits per heavy atom. The zero-order valence-corrected chi connectivity index (χ0v) is 18.7. The molecule has 0 bridgehead atoms. The van der Waals surface area contributed by atoms with Crippen LogP contribution < -0.4 is 10.2 Å². The Morgan fingerprint density at radius 2 is 1.70 bits per heavy atom. The molecule has 0 atom stereocenters. The van der Waals surface area contributed by atoms with Gasteiger partial charge in [-0.15, -0.1) is 0 Å². The molecule has 8 nitrogen and oxygen atoms in total. The number of nitro groups is 1. The number of likely N-dealkylation sites (tertiary alicyclic amines) is 1. The summed E-state index contributed by atoms with van der Waals surface area (Å²) in [6.07, 6.45) is 4.65. The van der Waals surface area contributed by atoms with Crippen LogP contribution in [-0.4, -0.2) is 53.9 Å². The average Bonchev–Trinajstić information content (AvgIpc) is 3.38. The number of anilines is 1. The third-order valence-electron chi connectivity index (χ3n) is 6.51. The number of rotatable bonds is 7. The summed E-state index contributed by atoms with van der Waals surface area (Å²) in [5.74, 6) is -0.201. The monoisotopic (exact) mass is 450 g/mol. The van der Waals surface area contributed by atoms with E-state index in [1.165, 1.54) is 6.07 Å². The lowest BCUT2D eigenvalue weighted by molar-refractivity contribution is -0.385. The number of hydrogen-bond donors (Lipinski definition) is 1. The van der Waals surface area contributed by atoms with E-state index in [0.29, 0.717) is 19.5 Å². The standard InChI is InChI=1S/C25H30N4O4/c30-24(11-8-19-6-2-1-3-7-19)26-20-12-16-27(17-13-20)21-9-10-23(29(32)33)22(18-21)25(31)28-14-4-5-15-28/h1-3,6-7,9-10,18,20H,4-5,8,11-17H2,(H,26,30). The smallest absolute Gasteiger partial charge is 0.282 e. The van der Waals surface area contributed by atoms with E-state index in [2.05, 4.69) is 10.2 Å². The molecule has 2 heterocycles. The van der Waals surface area contributed by atoms with Crippen LogP contribution >= 0.6 is 0 Å². The predicted molar refractivity (Wildman–Crippen MR) is 126 cm³/mol. The van der Waals surface area contributed by atoms with E-state index < -0.39 is 4.92 Å². The van der Waals surface area contributed by atoms with Crippen LogP contribution in [-0.2, 0) is 11.2 Å². The lowest BCUT2D eigenvalue weighted by Gasteiger charge is -2.34. The third-order valence-corrected chi connectivity index (χ3v) is 6.51. The van der Waals surface area contributed by atoms with Gasteiger partial charge in [0.25, 0.3) is 11.6 Å². The highest BCUT2D eigenvalue weighted by atomic mass is 16.6. The molecule has 2 fully saturated rings. The van der Waals surface area contributed by atoms with Gasteiger partial charge in [0.15, 0.2) is 0 Å². The zero-order chi connectivity index (χ0) is 23.2. The molecular weight excluding hydrogens is 420 g/mol. The van der Waals surface area contributed by atoms with Crippen molar-refractivity contribution in [3.63, 3.8) is 0 Å². The lowest BCUT2D eigenvalue weighted by Crippen LogP contribution is -2.44. The van der Waals surface area contributed by atoms with Gasteiger partial charge in [-0.25, -0.2) is 0 Å². The van der Waals surface area contributed by atoms with E-state index in [9.17, 15) is 19.7 Å². The molecule has 0 aromatic heterocycles. The molecule has 0 aliphatic carbocycles. The Hall–Kier alpha value is -3.42. The topological polar surface area (TPSA) is 95.8 Å². The summed E-state index contributed by atoms with van der Waals surface area (Å²) < 4.78 is 0. The first-order chi connectivity index (χ1) is 16.0. The van der Waals surface area contributed by atoms with Gasteiger partial charge in [-0.2, -0.15) is 0 Å². The zero-order valence-electron chi connectivity index (χ0n) is 18.7. The summed E-state index contributed by atoms with van der Waals surface area (Å²) in [7, 11) is 0. The van der Waals surface area contributed by atoms with Crippen molar-refractivity contribution in [2.24, 2.45) is 0 Å². The van der Waals surface area contributed by atoms with Gasteiger partial charge in [-0.1, -0.05) is 30.3 Å². The van der Waals surface area contributed by atoms with E-state index in [-0.39, 0.29) is 29.1 Å². The second-order valence-corrected chi connectivity index (χ2v) is 8.77. The van der Waals surface area contributed by atoms with Crippen LogP contribution in [0, 0.1) is 10.1 Å². The van der Waals surface area contributed by atoms with Gasteiger partial charge < -0.3 is 15.1 Å². The fourth-order valence-electron chi connectivity index (χ4n) is 4.63. The van der Waals surface area contributed by atoms with Crippen LogP contribution in [0.5, 0.6) is 0 Å². The van der Waals surface area contributed by atoms with Gasteiger partial charge in [0.05, 0.1) is 4.92 Å². The molecule has 174 valence electrons. The number of nitro benzene ring substituents is 1. The van der Waals surface area contributed by atoms with Crippen LogP contribution in [0.2, 0.25) is 0 Å². The van der Waals surface area contributed by atoms with Crippen molar-refractivity contribution in [3.8, 4) is 0 Å². The third kappa shape index (κ3) is 5.69. The SMILES string of the molecule is O=C(CCc1ccccc1)NC1CCN(c2ccc([N+](=O)[O-])c(C(=O)N3CCCC3)c2)CC1. The van der Waals surface area contributed by atoms with Gasteiger partial charge in [-0.05, 0) is 49.8 Å². The minimum absolute atomic E-state index is 0.0612. The van der Waals surface area contributed by atoms with Crippen LogP contribution in [0.4, 0.5) is 11.4 Å². The van der Waals surface area contributed by atoms with Crippen LogP contribution in [0.1, 0.15) is 48.0 Å². The molecule has 0 saturated carbocycles.